The van der Waals surface area contributed by atoms with Crippen LogP contribution in [0.3, 0.4) is 0 Å². The molecule has 4 N–H and O–H groups in total. The summed E-state index contributed by atoms with van der Waals surface area (Å²) in [6.45, 7) is 1.47. The molecule has 11 heteroatoms. The molecule has 2 amide bonds. The van der Waals surface area contributed by atoms with Crippen LogP contribution >= 0.6 is 0 Å². The van der Waals surface area contributed by atoms with Crippen molar-refractivity contribution < 1.29 is 23.5 Å². The van der Waals surface area contributed by atoms with Gasteiger partial charge in [0.15, 0.2) is 18.2 Å². The lowest BCUT2D eigenvalue weighted by atomic mass is 10.0. The summed E-state index contributed by atoms with van der Waals surface area (Å²) in [5, 5.41) is 5.92. The summed E-state index contributed by atoms with van der Waals surface area (Å²) < 4.78 is 24.6. The van der Waals surface area contributed by atoms with Crippen LogP contribution in [0.15, 0.2) is 24.4 Å². The first-order valence-corrected chi connectivity index (χ1v) is 10.5. The molecule has 1 saturated heterocycles. The maximum absolute atomic E-state index is 14.0. The number of carbonyl (C=O) groups is 2. The zero-order chi connectivity index (χ0) is 22.2. The van der Waals surface area contributed by atoms with E-state index in [1.54, 1.807) is 6.07 Å². The van der Waals surface area contributed by atoms with Crippen LogP contribution in [-0.2, 0) is 16.0 Å². The van der Waals surface area contributed by atoms with E-state index < -0.39 is 6.09 Å². The number of anilines is 2. The lowest BCUT2D eigenvalue weighted by Gasteiger charge is -2.18. The Labute approximate surface area is 183 Å². The fourth-order valence-corrected chi connectivity index (χ4v) is 4.34. The summed E-state index contributed by atoms with van der Waals surface area (Å²) in [4.78, 5) is 33.5. The number of fused-ring (bicyclic) bond motifs is 2. The summed E-state index contributed by atoms with van der Waals surface area (Å²) in [7, 11) is 0. The van der Waals surface area contributed by atoms with E-state index in [0.29, 0.717) is 38.0 Å². The number of amides is 2. The van der Waals surface area contributed by atoms with Crippen LogP contribution in [0.2, 0.25) is 0 Å². The molecule has 0 radical (unpaired) electrons. The minimum absolute atomic E-state index is 0.116. The van der Waals surface area contributed by atoms with Gasteiger partial charge in [-0.1, -0.05) is 12.1 Å². The van der Waals surface area contributed by atoms with E-state index in [1.165, 1.54) is 17.2 Å². The number of rotatable bonds is 6. The molecule has 1 fully saturated rings. The average Bonchev–Trinajstić information content (AvgIpc) is 3.31. The Morgan fingerprint density at radius 1 is 1.34 bits per heavy atom. The zero-order valence-electron chi connectivity index (χ0n) is 17.2. The number of hydrogen-bond donors (Lipinski definition) is 3. The Kier molecular flexibility index (Phi) is 5.35. The number of hydrogen-bond acceptors (Lipinski definition) is 8. The van der Waals surface area contributed by atoms with Crippen LogP contribution in [0.25, 0.3) is 0 Å². The highest BCUT2D eigenvalue weighted by Gasteiger charge is 2.35. The third-order valence-corrected chi connectivity index (χ3v) is 6.01. The van der Waals surface area contributed by atoms with Crippen LogP contribution in [0.1, 0.15) is 23.6 Å². The summed E-state index contributed by atoms with van der Waals surface area (Å²) in [6.07, 6.45) is 1.79. The number of carbonyl (C=O) groups excluding carboxylic acids is 2. The topological polar surface area (TPSA) is 132 Å². The van der Waals surface area contributed by atoms with Gasteiger partial charge in [0, 0.05) is 12.6 Å². The van der Waals surface area contributed by atoms with Gasteiger partial charge < -0.3 is 25.8 Å². The van der Waals surface area contributed by atoms with Crippen LogP contribution < -0.4 is 26.0 Å². The third kappa shape index (κ3) is 3.84. The molecule has 2 aliphatic heterocycles. The predicted octanol–water partition coefficient (Wildman–Crippen LogP) is 1.12. The average molecular weight is 442 g/mol. The summed E-state index contributed by atoms with van der Waals surface area (Å²) in [6, 6.07) is 4.85. The van der Waals surface area contributed by atoms with E-state index in [1.807, 2.05) is 6.07 Å². The molecule has 3 atom stereocenters. The number of nitrogens with two attached hydrogens (primary N) is 1. The SMILES string of the molecule is NC1c2cccc(F)c2CC1CNCCC1CN(c2cnc3c(n2)NC(=O)CO3)C(=O)O1. The second-order valence-corrected chi connectivity index (χ2v) is 8.13. The van der Waals surface area contributed by atoms with Crippen molar-refractivity contribution in [2.45, 2.75) is 25.0 Å². The maximum Gasteiger partial charge on any atom is 0.415 e. The van der Waals surface area contributed by atoms with E-state index in [4.69, 9.17) is 15.2 Å². The highest BCUT2D eigenvalue weighted by Crippen LogP contribution is 2.35. The van der Waals surface area contributed by atoms with Crippen molar-refractivity contribution in [3.05, 3.63) is 41.3 Å². The van der Waals surface area contributed by atoms with Gasteiger partial charge in [-0.2, -0.15) is 0 Å². The number of ether oxygens (including phenoxy) is 2. The van der Waals surface area contributed by atoms with E-state index in [-0.39, 0.29) is 53.9 Å². The minimum Gasteiger partial charge on any atom is -0.465 e. The Morgan fingerprint density at radius 3 is 3.06 bits per heavy atom. The van der Waals surface area contributed by atoms with Crippen molar-refractivity contribution >= 4 is 23.6 Å². The Bertz CT molecular complexity index is 1070. The van der Waals surface area contributed by atoms with Gasteiger partial charge >= 0.3 is 6.09 Å². The number of nitrogens with zero attached hydrogens (tertiary/aromatic N) is 3. The molecule has 3 heterocycles. The summed E-state index contributed by atoms with van der Waals surface area (Å²) in [5.41, 5.74) is 7.88. The molecule has 0 bridgehead atoms. The van der Waals surface area contributed by atoms with Crippen LogP contribution in [-0.4, -0.2) is 54.3 Å². The van der Waals surface area contributed by atoms with E-state index in [9.17, 15) is 14.0 Å². The highest BCUT2D eigenvalue weighted by atomic mass is 19.1. The molecule has 1 aromatic heterocycles. The molecule has 168 valence electrons. The van der Waals surface area contributed by atoms with Gasteiger partial charge in [-0.15, -0.1) is 0 Å². The predicted molar refractivity (Wildman–Crippen MR) is 112 cm³/mol. The second-order valence-electron chi connectivity index (χ2n) is 8.13. The number of nitrogens with one attached hydrogen (secondary N) is 2. The lowest BCUT2D eigenvalue weighted by Crippen LogP contribution is -2.32. The van der Waals surface area contributed by atoms with Crippen LogP contribution in [0.4, 0.5) is 20.8 Å². The summed E-state index contributed by atoms with van der Waals surface area (Å²) in [5.74, 6) is 0.273. The quantitative estimate of drug-likeness (QED) is 0.567. The van der Waals surface area contributed by atoms with Crippen molar-refractivity contribution in [1.82, 2.24) is 15.3 Å². The molecule has 32 heavy (non-hydrogen) atoms. The van der Waals surface area contributed by atoms with Crippen molar-refractivity contribution in [3.8, 4) is 5.88 Å². The van der Waals surface area contributed by atoms with Crippen molar-refractivity contribution in [3.63, 3.8) is 0 Å². The van der Waals surface area contributed by atoms with Gasteiger partial charge in [0.2, 0.25) is 0 Å². The number of cyclic esters (lactones) is 1. The largest absolute Gasteiger partial charge is 0.465 e. The number of halogens is 1. The molecule has 10 nitrogen and oxygen atoms in total. The summed E-state index contributed by atoms with van der Waals surface area (Å²) >= 11 is 0. The molecule has 3 unspecified atom stereocenters. The molecular weight excluding hydrogens is 419 g/mol. The maximum atomic E-state index is 14.0. The van der Waals surface area contributed by atoms with Crippen LogP contribution in [0, 0.1) is 11.7 Å². The first-order valence-electron chi connectivity index (χ1n) is 10.5. The first kappa shape index (κ1) is 20.6. The number of aromatic nitrogens is 2. The van der Waals surface area contributed by atoms with Gasteiger partial charge in [-0.05, 0) is 42.5 Å². The fraction of sp³-hybridized carbons (Fsp3) is 0.429. The van der Waals surface area contributed by atoms with Crippen molar-refractivity contribution in [2.24, 2.45) is 11.7 Å². The Morgan fingerprint density at radius 2 is 2.22 bits per heavy atom. The first-order chi connectivity index (χ1) is 15.5. The van der Waals surface area contributed by atoms with Gasteiger partial charge in [0.25, 0.3) is 11.8 Å². The lowest BCUT2D eigenvalue weighted by molar-refractivity contribution is -0.118. The molecule has 5 rings (SSSR count). The number of benzene rings is 1. The van der Waals surface area contributed by atoms with Gasteiger partial charge in [0.05, 0.1) is 12.7 Å². The molecule has 3 aliphatic rings. The van der Waals surface area contributed by atoms with Crippen LogP contribution in [0.5, 0.6) is 5.88 Å². The molecule has 1 aliphatic carbocycles. The fourth-order valence-electron chi connectivity index (χ4n) is 4.34. The Balaban J connectivity index is 1.12. The van der Waals surface area contributed by atoms with Gasteiger partial charge in [0.1, 0.15) is 11.9 Å². The van der Waals surface area contributed by atoms with Crippen molar-refractivity contribution in [2.75, 3.05) is 36.5 Å². The molecule has 2 aromatic rings. The van der Waals surface area contributed by atoms with Crippen molar-refractivity contribution in [1.29, 1.82) is 0 Å². The molecule has 0 saturated carbocycles. The highest BCUT2D eigenvalue weighted by molar-refractivity contribution is 5.94. The second kappa shape index (κ2) is 8.32. The minimum atomic E-state index is -0.518. The third-order valence-electron chi connectivity index (χ3n) is 6.01. The normalized spacial score (nSPS) is 23.9. The molecular formula is C21H23FN6O4. The molecule has 0 spiro atoms. The van der Waals surface area contributed by atoms with Gasteiger partial charge in [-0.3, -0.25) is 9.69 Å². The Hall–Kier alpha value is -3.31. The standard InChI is InChI=1S/C21H23FN6O4/c22-15-3-1-2-13-14(15)6-11(18(13)23)7-24-5-4-12-9-28(21(30)32-12)16-8-25-20-19(26-16)27-17(29)10-31-20/h1-3,8,11-12,18,24H,4-7,9-10,23H2,(H,26,27,29). The van der Waals surface area contributed by atoms with E-state index >= 15 is 0 Å². The zero-order valence-corrected chi connectivity index (χ0v) is 17.2. The van der Waals surface area contributed by atoms with E-state index in [2.05, 4.69) is 20.6 Å². The van der Waals surface area contributed by atoms with Gasteiger partial charge in [-0.25, -0.2) is 19.2 Å². The van der Waals surface area contributed by atoms with E-state index in [0.717, 1.165) is 5.56 Å². The smallest absolute Gasteiger partial charge is 0.415 e. The molecule has 1 aromatic carbocycles. The monoisotopic (exact) mass is 442 g/mol.